The number of hydrogen-bond donors (Lipinski definition) is 0. The van der Waals surface area contributed by atoms with E-state index in [1.54, 1.807) is 6.08 Å². The van der Waals surface area contributed by atoms with Crippen LogP contribution in [0, 0.1) is 5.92 Å². The normalized spacial score (nSPS) is 22.6. The second-order valence-corrected chi connectivity index (χ2v) is 5.72. The summed E-state index contributed by atoms with van der Waals surface area (Å²) in [7, 11) is 0. The molecule has 1 aliphatic heterocycles. The maximum atomic E-state index is 12.1. The molecule has 1 amide bonds. The van der Waals surface area contributed by atoms with Gasteiger partial charge >= 0.3 is 0 Å². The molecule has 1 atom stereocenters. The Kier molecular flexibility index (Phi) is 4.16. The van der Waals surface area contributed by atoms with Crippen LogP contribution < -0.4 is 0 Å². The van der Waals surface area contributed by atoms with Crippen molar-refractivity contribution in [3.8, 4) is 0 Å². The molecule has 20 heavy (non-hydrogen) atoms. The van der Waals surface area contributed by atoms with Gasteiger partial charge in [0.15, 0.2) is 0 Å². The van der Waals surface area contributed by atoms with E-state index >= 15 is 0 Å². The summed E-state index contributed by atoms with van der Waals surface area (Å²) in [5, 5.41) is 0. The van der Waals surface area contributed by atoms with Crippen LogP contribution in [0.15, 0.2) is 36.4 Å². The van der Waals surface area contributed by atoms with E-state index in [2.05, 4.69) is 0 Å². The van der Waals surface area contributed by atoms with Gasteiger partial charge < -0.3 is 9.64 Å². The number of likely N-dealkylation sites (tertiary alicyclic amines) is 1. The van der Waals surface area contributed by atoms with Gasteiger partial charge in [-0.3, -0.25) is 4.79 Å². The molecule has 1 saturated heterocycles. The van der Waals surface area contributed by atoms with E-state index < -0.39 is 0 Å². The zero-order valence-corrected chi connectivity index (χ0v) is 11.7. The Labute approximate surface area is 120 Å². The summed E-state index contributed by atoms with van der Waals surface area (Å²) >= 11 is 0. The van der Waals surface area contributed by atoms with Crippen LogP contribution in [-0.2, 0) is 9.53 Å². The first-order chi connectivity index (χ1) is 9.81. The van der Waals surface area contributed by atoms with Crippen LogP contribution in [0.25, 0.3) is 6.08 Å². The molecule has 0 unspecified atom stereocenters. The number of benzene rings is 1. The lowest BCUT2D eigenvalue weighted by atomic mass is 10.2. The van der Waals surface area contributed by atoms with E-state index in [-0.39, 0.29) is 12.0 Å². The molecular weight excluding hydrogens is 250 g/mol. The number of carbonyl (C=O) groups excluding carboxylic acids is 1. The molecule has 1 aliphatic carbocycles. The Morgan fingerprint density at radius 2 is 2.05 bits per heavy atom. The molecule has 3 rings (SSSR count). The van der Waals surface area contributed by atoms with Crippen molar-refractivity contribution in [3.05, 3.63) is 42.0 Å². The van der Waals surface area contributed by atoms with Gasteiger partial charge in [-0.05, 0) is 36.8 Å². The SMILES string of the molecule is O=C(/C=C/c1ccccc1)N1CC[C@H](OCC2CC2)C1. The highest BCUT2D eigenvalue weighted by Gasteiger charge is 2.28. The lowest BCUT2D eigenvalue weighted by Crippen LogP contribution is -2.28. The first kappa shape index (κ1) is 13.4. The van der Waals surface area contributed by atoms with Crippen molar-refractivity contribution in [2.45, 2.75) is 25.4 Å². The summed E-state index contributed by atoms with van der Waals surface area (Å²) in [4.78, 5) is 14.0. The fraction of sp³-hybridized carbons (Fsp3) is 0.471. The fourth-order valence-corrected chi connectivity index (χ4v) is 2.46. The van der Waals surface area contributed by atoms with Gasteiger partial charge in [0, 0.05) is 25.8 Å². The van der Waals surface area contributed by atoms with Crippen molar-refractivity contribution in [1.82, 2.24) is 4.90 Å². The van der Waals surface area contributed by atoms with Crippen molar-refractivity contribution < 1.29 is 9.53 Å². The third kappa shape index (κ3) is 3.70. The molecule has 1 aromatic carbocycles. The zero-order valence-electron chi connectivity index (χ0n) is 11.7. The van der Waals surface area contributed by atoms with Gasteiger partial charge in [0.1, 0.15) is 0 Å². The number of hydrogen-bond acceptors (Lipinski definition) is 2. The monoisotopic (exact) mass is 271 g/mol. The molecule has 2 fully saturated rings. The molecule has 0 spiro atoms. The predicted octanol–water partition coefficient (Wildman–Crippen LogP) is 2.73. The molecule has 0 bridgehead atoms. The van der Waals surface area contributed by atoms with Crippen LogP contribution >= 0.6 is 0 Å². The summed E-state index contributed by atoms with van der Waals surface area (Å²) in [5.41, 5.74) is 1.06. The van der Waals surface area contributed by atoms with Gasteiger partial charge in [-0.2, -0.15) is 0 Å². The van der Waals surface area contributed by atoms with E-state index in [0.717, 1.165) is 37.6 Å². The maximum Gasteiger partial charge on any atom is 0.246 e. The molecule has 2 aliphatic rings. The Hall–Kier alpha value is -1.61. The highest BCUT2D eigenvalue weighted by atomic mass is 16.5. The number of carbonyl (C=O) groups is 1. The molecule has 3 nitrogen and oxygen atoms in total. The Bertz CT molecular complexity index is 479. The minimum Gasteiger partial charge on any atom is -0.376 e. The average Bonchev–Trinajstić information content (AvgIpc) is 3.20. The van der Waals surface area contributed by atoms with E-state index in [4.69, 9.17) is 4.74 Å². The summed E-state index contributed by atoms with van der Waals surface area (Å²) < 4.78 is 5.85. The van der Waals surface area contributed by atoms with Crippen LogP contribution in [0.3, 0.4) is 0 Å². The largest absolute Gasteiger partial charge is 0.376 e. The molecular formula is C17H21NO2. The molecule has 3 heteroatoms. The molecule has 106 valence electrons. The van der Waals surface area contributed by atoms with Gasteiger partial charge in [0.2, 0.25) is 5.91 Å². The van der Waals surface area contributed by atoms with Crippen LogP contribution in [0.2, 0.25) is 0 Å². The molecule has 1 aromatic rings. The first-order valence-electron chi connectivity index (χ1n) is 7.45. The summed E-state index contributed by atoms with van der Waals surface area (Å²) in [6.45, 7) is 2.44. The van der Waals surface area contributed by atoms with Crippen molar-refractivity contribution in [3.63, 3.8) is 0 Å². The highest BCUT2D eigenvalue weighted by molar-refractivity contribution is 5.91. The van der Waals surface area contributed by atoms with Gasteiger partial charge in [-0.1, -0.05) is 30.3 Å². The van der Waals surface area contributed by atoms with Gasteiger partial charge in [0.25, 0.3) is 0 Å². The number of ether oxygens (including phenoxy) is 1. The van der Waals surface area contributed by atoms with Crippen molar-refractivity contribution in [2.24, 2.45) is 5.92 Å². The van der Waals surface area contributed by atoms with Crippen LogP contribution in [0.1, 0.15) is 24.8 Å². The summed E-state index contributed by atoms with van der Waals surface area (Å²) in [5.74, 6) is 0.879. The summed E-state index contributed by atoms with van der Waals surface area (Å²) in [6.07, 6.45) is 7.38. The lowest BCUT2D eigenvalue weighted by Gasteiger charge is -2.14. The van der Waals surface area contributed by atoms with Gasteiger partial charge in [-0.25, -0.2) is 0 Å². The molecule has 1 saturated carbocycles. The molecule has 0 aromatic heterocycles. The van der Waals surface area contributed by atoms with E-state index in [1.165, 1.54) is 12.8 Å². The van der Waals surface area contributed by atoms with Crippen molar-refractivity contribution >= 4 is 12.0 Å². The lowest BCUT2D eigenvalue weighted by molar-refractivity contribution is -0.125. The second-order valence-electron chi connectivity index (χ2n) is 5.72. The summed E-state index contributed by atoms with van der Waals surface area (Å²) in [6, 6.07) is 9.91. The smallest absolute Gasteiger partial charge is 0.246 e. The van der Waals surface area contributed by atoms with Crippen molar-refractivity contribution in [1.29, 1.82) is 0 Å². The topological polar surface area (TPSA) is 29.5 Å². The maximum absolute atomic E-state index is 12.1. The Morgan fingerprint density at radius 1 is 1.25 bits per heavy atom. The van der Waals surface area contributed by atoms with Gasteiger partial charge in [0.05, 0.1) is 6.10 Å². The van der Waals surface area contributed by atoms with E-state index in [0.29, 0.717) is 0 Å². The van der Waals surface area contributed by atoms with Crippen molar-refractivity contribution in [2.75, 3.05) is 19.7 Å². The molecule has 1 heterocycles. The first-order valence-corrected chi connectivity index (χ1v) is 7.45. The minimum atomic E-state index is 0.0892. The average molecular weight is 271 g/mol. The fourth-order valence-electron chi connectivity index (χ4n) is 2.46. The van der Waals surface area contributed by atoms with E-state index in [1.807, 2.05) is 41.3 Å². The quantitative estimate of drug-likeness (QED) is 0.771. The minimum absolute atomic E-state index is 0.0892. The van der Waals surface area contributed by atoms with E-state index in [9.17, 15) is 4.79 Å². The van der Waals surface area contributed by atoms with Crippen LogP contribution in [0.4, 0.5) is 0 Å². The van der Waals surface area contributed by atoms with Crippen LogP contribution in [0.5, 0.6) is 0 Å². The predicted molar refractivity (Wildman–Crippen MR) is 79.1 cm³/mol. The standard InChI is InChI=1S/C17H21NO2/c19-17(9-8-14-4-2-1-3-5-14)18-11-10-16(12-18)20-13-15-6-7-15/h1-5,8-9,15-16H,6-7,10-13H2/b9-8+/t16-/m0/s1. The van der Waals surface area contributed by atoms with Crippen LogP contribution in [-0.4, -0.2) is 36.6 Å². The number of nitrogens with zero attached hydrogens (tertiary/aromatic N) is 1. The second kappa shape index (κ2) is 6.23. The Morgan fingerprint density at radius 3 is 2.80 bits per heavy atom. The Balaban J connectivity index is 1.46. The third-order valence-electron chi connectivity index (χ3n) is 3.94. The number of amides is 1. The number of rotatable bonds is 5. The third-order valence-corrected chi connectivity index (χ3v) is 3.94. The van der Waals surface area contributed by atoms with Gasteiger partial charge in [-0.15, -0.1) is 0 Å². The highest BCUT2D eigenvalue weighted by Crippen LogP contribution is 2.30. The zero-order chi connectivity index (χ0) is 13.8. The molecule has 0 N–H and O–H groups in total. The molecule has 0 radical (unpaired) electrons.